The van der Waals surface area contributed by atoms with Crippen LogP contribution in [0.25, 0.3) is 0 Å². The van der Waals surface area contributed by atoms with Crippen molar-refractivity contribution in [3.05, 3.63) is 48.6 Å². The summed E-state index contributed by atoms with van der Waals surface area (Å²) in [5, 5.41) is 0. The number of hydrogen-bond acceptors (Lipinski definition) is 1. The molecule has 1 heterocycles. The molecule has 1 saturated heterocycles. The lowest BCUT2D eigenvalue weighted by Crippen LogP contribution is -2.39. The summed E-state index contributed by atoms with van der Waals surface area (Å²) in [4.78, 5) is 2.57. The van der Waals surface area contributed by atoms with E-state index in [9.17, 15) is 0 Å². The van der Waals surface area contributed by atoms with E-state index in [1.165, 1.54) is 56.5 Å². The van der Waals surface area contributed by atoms with Gasteiger partial charge in [0.05, 0.1) is 0 Å². The zero-order valence-corrected chi connectivity index (χ0v) is 13.6. The molecule has 2 rings (SSSR count). The quantitative estimate of drug-likeness (QED) is 0.642. The molecule has 0 aromatic carbocycles. The summed E-state index contributed by atoms with van der Waals surface area (Å²) in [7, 11) is 0. The largest absolute Gasteiger partial charge is 0.304 e. The number of rotatable bonds is 4. The van der Waals surface area contributed by atoms with Gasteiger partial charge < -0.3 is 4.90 Å². The van der Waals surface area contributed by atoms with Crippen molar-refractivity contribution in [3.8, 4) is 0 Å². The van der Waals surface area contributed by atoms with Gasteiger partial charge in [0.15, 0.2) is 0 Å². The second kappa shape index (κ2) is 8.26. The van der Waals surface area contributed by atoms with Crippen molar-refractivity contribution < 1.29 is 0 Å². The first kappa shape index (κ1) is 17.0. The standard InChI is InChI=1S/C17H25N.C2H6/c1-4-7-8-16-14-17(13-15(16)5-2)9-11-18(6-3)12-10-17;1-2/h4-5,7-8H,1-2,6,9-14H2,3H3;1-2H3/b8-7-;. The van der Waals surface area contributed by atoms with Crippen LogP contribution in [0.2, 0.25) is 0 Å². The summed E-state index contributed by atoms with van der Waals surface area (Å²) in [5.41, 5.74) is 3.46. The third-order valence-electron chi connectivity index (χ3n) is 4.59. The lowest BCUT2D eigenvalue weighted by molar-refractivity contribution is 0.116. The first-order valence-electron chi connectivity index (χ1n) is 8.09. The molecule has 2 aliphatic rings. The Balaban J connectivity index is 0.000000956. The van der Waals surface area contributed by atoms with E-state index in [-0.39, 0.29) is 0 Å². The minimum atomic E-state index is 0.524. The summed E-state index contributed by atoms with van der Waals surface area (Å²) in [6.45, 7) is 17.7. The van der Waals surface area contributed by atoms with Gasteiger partial charge in [-0.25, -0.2) is 0 Å². The highest BCUT2D eigenvalue weighted by atomic mass is 15.1. The molecule has 1 aliphatic heterocycles. The van der Waals surface area contributed by atoms with E-state index < -0.39 is 0 Å². The average molecular weight is 273 g/mol. The fraction of sp³-hybridized carbons (Fsp3) is 0.579. The van der Waals surface area contributed by atoms with Gasteiger partial charge in [-0.15, -0.1) is 0 Å². The topological polar surface area (TPSA) is 3.24 Å². The molecule has 1 nitrogen and oxygen atoms in total. The zero-order valence-electron chi connectivity index (χ0n) is 13.6. The fourth-order valence-corrected chi connectivity index (χ4v) is 3.35. The van der Waals surface area contributed by atoms with Crippen molar-refractivity contribution in [2.75, 3.05) is 19.6 Å². The predicted octanol–water partition coefficient (Wildman–Crippen LogP) is 5.13. The Kier molecular flexibility index (Phi) is 7.01. The second-order valence-corrected chi connectivity index (χ2v) is 5.64. The fourth-order valence-electron chi connectivity index (χ4n) is 3.35. The van der Waals surface area contributed by atoms with Crippen LogP contribution in [0, 0.1) is 5.41 Å². The van der Waals surface area contributed by atoms with Crippen molar-refractivity contribution >= 4 is 0 Å². The van der Waals surface area contributed by atoms with E-state index in [4.69, 9.17) is 0 Å². The van der Waals surface area contributed by atoms with Gasteiger partial charge in [0, 0.05) is 0 Å². The van der Waals surface area contributed by atoms with E-state index in [1.807, 2.05) is 19.9 Å². The first-order chi connectivity index (χ1) is 9.73. The summed E-state index contributed by atoms with van der Waals surface area (Å²) >= 11 is 0. The van der Waals surface area contributed by atoms with E-state index in [0.29, 0.717) is 5.41 Å². The van der Waals surface area contributed by atoms with Crippen molar-refractivity contribution in [1.29, 1.82) is 0 Å². The van der Waals surface area contributed by atoms with Crippen molar-refractivity contribution in [2.24, 2.45) is 5.41 Å². The number of piperidine rings is 1. The summed E-state index contributed by atoms with van der Waals surface area (Å²) in [6, 6.07) is 0. The maximum absolute atomic E-state index is 3.98. The van der Waals surface area contributed by atoms with Gasteiger partial charge in [0.2, 0.25) is 0 Å². The van der Waals surface area contributed by atoms with Gasteiger partial charge in [0.1, 0.15) is 0 Å². The molecule has 0 radical (unpaired) electrons. The molecule has 0 aromatic heterocycles. The van der Waals surface area contributed by atoms with Crippen LogP contribution in [0.1, 0.15) is 46.5 Å². The molecule has 0 saturated carbocycles. The van der Waals surface area contributed by atoms with Crippen LogP contribution in [-0.2, 0) is 0 Å². The number of allylic oxidation sites excluding steroid dienone is 6. The smallest absolute Gasteiger partial charge is 0.00133 e. The highest BCUT2D eigenvalue weighted by molar-refractivity contribution is 5.39. The van der Waals surface area contributed by atoms with Crippen molar-refractivity contribution in [1.82, 2.24) is 4.90 Å². The lowest BCUT2D eigenvalue weighted by atomic mass is 9.75. The number of hydrogen-bond donors (Lipinski definition) is 0. The predicted molar refractivity (Wildman–Crippen MR) is 90.9 cm³/mol. The highest BCUT2D eigenvalue weighted by Gasteiger charge is 2.39. The molecule has 1 aliphatic carbocycles. The molecule has 1 spiro atoms. The molecule has 20 heavy (non-hydrogen) atoms. The van der Waals surface area contributed by atoms with Crippen LogP contribution in [0.3, 0.4) is 0 Å². The Bertz CT molecular complexity index is 379. The highest BCUT2D eigenvalue weighted by Crippen LogP contribution is 2.49. The van der Waals surface area contributed by atoms with Crippen LogP contribution in [0.15, 0.2) is 48.6 Å². The Morgan fingerprint density at radius 2 is 1.70 bits per heavy atom. The molecule has 1 heteroatoms. The van der Waals surface area contributed by atoms with E-state index in [2.05, 4.69) is 43.2 Å². The van der Waals surface area contributed by atoms with Gasteiger partial charge >= 0.3 is 0 Å². The monoisotopic (exact) mass is 273 g/mol. The molecular weight excluding hydrogens is 242 g/mol. The average Bonchev–Trinajstić information content (AvgIpc) is 2.86. The van der Waals surface area contributed by atoms with Crippen LogP contribution in [0.5, 0.6) is 0 Å². The van der Waals surface area contributed by atoms with E-state index in [0.717, 1.165) is 0 Å². The van der Waals surface area contributed by atoms with Gasteiger partial charge in [-0.3, -0.25) is 0 Å². The zero-order chi connectivity index (χ0) is 15.0. The lowest BCUT2D eigenvalue weighted by Gasteiger charge is -2.39. The third-order valence-corrected chi connectivity index (χ3v) is 4.59. The number of nitrogens with zero attached hydrogens (tertiary/aromatic N) is 1. The normalized spacial score (nSPS) is 21.9. The van der Waals surface area contributed by atoms with Crippen LogP contribution >= 0.6 is 0 Å². The summed E-state index contributed by atoms with van der Waals surface area (Å²) in [5.74, 6) is 0. The molecular formula is C19H31N. The first-order valence-corrected chi connectivity index (χ1v) is 8.09. The number of likely N-dealkylation sites (tertiary alicyclic amines) is 1. The SMILES string of the molecule is C=C/C=C\C1=C(C=C)CC2(CCN(CC)CC2)C1.CC. The Labute approximate surface area is 125 Å². The van der Waals surface area contributed by atoms with Crippen LogP contribution < -0.4 is 0 Å². The minimum Gasteiger partial charge on any atom is -0.304 e. The molecule has 0 aromatic rings. The Hall–Kier alpha value is -1.08. The maximum Gasteiger partial charge on any atom is -0.00133 e. The summed E-state index contributed by atoms with van der Waals surface area (Å²) in [6.07, 6.45) is 13.3. The molecule has 0 bridgehead atoms. The van der Waals surface area contributed by atoms with Crippen molar-refractivity contribution in [2.45, 2.75) is 46.5 Å². The maximum atomic E-state index is 3.98. The van der Waals surface area contributed by atoms with E-state index >= 15 is 0 Å². The van der Waals surface area contributed by atoms with Gasteiger partial charge in [-0.1, -0.05) is 58.2 Å². The second-order valence-electron chi connectivity index (χ2n) is 5.64. The third kappa shape index (κ3) is 3.96. The molecule has 112 valence electrons. The molecule has 0 N–H and O–H groups in total. The van der Waals surface area contributed by atoms with Gasteiger partial charge in [-0.05, 0) is 61.9 Å². The summed E-state index contributed by atoms with van der Waals surface area (Å²) < 4.78 is 0. The molecule has 1 fully saturated rings. The van der Waals surface area contributed by atoms with E-state index in [1.54, 1.807) is 0 Å². The Morgan fingerprint density at radius 1 is 1.10 bits per heavy atom. The molecule has 0 atom stereocenters. The minimum absolute atomic E-state index is 0.524. The Morgan fingerprint density at radius 3 is 2.20 bits per heavy atom. The molecule has 0 amide bonds. The van der Waals surface area contributed by atoms with Crippen LogP contribution in [0.4, 0.5) is 0 Å². The molecule has 0 unspecified atom stereocenters. The van der Waals surface area contributed by atoms with Gasteiger partial charge in [0.25, 0.3) is 0 Å². The van der Waals surface area contributed by atoms with Crippen molar-refractivity contribution in [3.63, 3.8) is 0 Å². The van der Waals surface area contributed by atoms with Crippen LogP contribution in [-0.4, -0.2) is 24.5 Å². The van der Waals surface area contributed by atoms with Gasteiger partial charge in [-0.2, -0.15) is 0 Å².